The number of hydrogen-bond donors (Lipinski definition) is 1. The van der Waals surface area contributed by atoms with Crippen molar-refractivity contribution in [3.05, 3.63) is 105 Å². The first-order valence-electron chi connectivity index (χ1n) is 10.4. The Kier molecular flexibility index (Phi) is 6.31. The predicted octanol–water partition coefficient (Wildman–Crippen LogP) is 4.09. The lowest BCUT2D eigenvalue weighted by atomic mass is 9.98. The Morgan fingerprint density at radius 3 is 2.59 bits per heavy atom. The topological polar surface area (TPSA) is 81.4 Å². The van der Waals surface area contributed by atoms with Gasteiger partial charge in [-0.05, 0) is 54.3 Å². The van der Waals surface area contributed by atoms with Gasteiger partial charge < -0.3 is 14.5 Å². The van der Waals surface area contributed by atoms with Crippen LogP contribution in [-0.4, -0.2) is 17.5 Å². The van der Waals surface area contributed by atoms with Gasteiger partial charge >= 0.3 is 5.63 Å². The molecule has 4 rings (SSSR count). The van der Waals surface area contributed by atoms with Gasteiger partial charge in [0.1, 0.15) is 11.3 Å². The van der Waals surface area contributed by atoms with E-state index in [2.05, 4.69) is 10.3 Å². The molecule has 2 aromatic heterocycles. The van der Waals surface area contributed by atoms with Crippen molar-refractivity contribution in [2.75, 3.05) is 6.61 Å². The van der Waals surface area contributed by atoms with Gasteiger partial charge in [-0.15, -0.1) is 0 Å². The van der Waals surface area contributed by atoms with Crippen LogP contribution in [0.5, 0.6) is 5.75 Å². The molecular formula is C26H24N2O4. The van der Waals surface area contributed by atoms with Crippen LogP contribution in [0.25, 0.3) is 11.0 Å². The van der Waals surface area contributed by atoms with Crippen LogP contribution < -0.4 is 15.7 Å². The zero-order valence-electron chi connectivity index (χ0n) is 18.1. The van der Waals surface area contributed by atoms with Crippen LogP contribution in [0.15, 0.2) is 76.2 Å². The minimum absolute atomic E-state index is 0.147. The van der Waals surface area contributed by atoms with Crippen LogP contribution in [0.3, 0.4) is 0 Å². The molecule has 1 amide bonds. The minimum atomic E-state index is -0.357. The molecule has 162 valence electrons. The molecule has 0 radical (unpaired) electrons. The van der Waals surface area contributed by atoms with Gasteiger partial charge in [0.05, 0.1) is 5.39 Å². The quantitative estimate of drug-likeness (QED) is 0.449. The molecule has 0 fully saturated rings. The first-order chi connectivity index (χ1) is 15.5. The Balaban J connectivity index is 1.58. The highest BCUT2D eigenvalue weighted by Gasteiger charge is 2.17. The monoisotopic (exact) mass is 428 g/mol. The molecule has 0 aliphatic rings. The molecule has 0 bridgehead atoms. The van der Waals surface area contributed by atoms with Crippen LogP contribution in [0.4, 0.5) is 0 Å². The molecule has 0 atom stereocenters. The number of nitrogens with one attached hydrogen (secondary N) is 1. The van der Waals surface area contributed by atoms with E-state index in [1.807, 2.05) is 68.4 Å². The van der Waals surface area contributed by atoms with Gasteiger partial charge in [-0.1, -0.05) is 36.4 Å². The Hall–Kier alpha value is -3.93. The number of carbonyl (C=O) groups excluding carboxylic acids is 1. The second-order valence-corrected chi connectivity index (χ2v) is 7.72. The minimum Gasteiger partial charge on any atom is -0.483 e. The lowest BCUT2D eigenvalue weighted by molar-refractivity contribution is -0.123. The summed E-state index contributed by atoms with van der Waals surface area (Å²) >= 11 is 0. The number of ether oxygens (including phenoxy) is 1. The fourth-order valence-corrected chi connectivity index (χ4v) is 3.65. The predicted molar refractivity (Wildman–Crippen MR) is 123 cm³/mol. The molecule has 2 heterocycles. The largest absolute Gasteiger partial charge is 0.483 e. The summed E-state index contributed by atoms with van der Waals surface area (Å²) in [6, 6.07) is 17.1. The summed E-state index contributed by atoms with van der Waals surface area (Å²) in [6.07, 6.45) is 3.85. The summed E-state index contributed by atoms with van der Waals surface area (Å²) in [6.45, 7) is 4.01. The molecule has 6 heteroatoms. The SMILES string of the molecule is Cc1cc(OCC(=O)NCc2cccnc2)c2c(C)c(Cc3ccccc3)c(=O)oc2c1. The Labute approximate surface area is 185 Å². The Morgan fingerprint density at radius 2 is 1.84 bits per heavy atom. The number of hydrogen-bond acceptors (Lipinski definition) is 5. The molecule has 0 aliphatic heterocycles. The average molecular weight is 428 g/mol. The molecule has 2 aromatic carbocycles. The van der Waals surface area contributed by atoms with Crippen molar-refractivity contribution in [1.29, 1.82) is 0 Å². The van der Waals surface area contributed by atoms with E-state index in [0.717, 1.165) is 22.3 Å². The van der Waals surface area contributed by atoms with Crippen LogP contribution in [0.2, 0.25) is 0 Å². The molecule has 0 saturated heterocycles. The molecule has 0 saturated carbocycles. The molecule has 0 unspecified atom stereocenters. The second kappa shape index (κ2) is 9.47. The van der Waals surface area contributed by atoms with Crippen molar-refractivity contribution in [2.24, 2.45) is 0 Å². The third-order valence-electron chi connectivity index (χ3n) is 5.28. The third-order valence-corrected chi connectivity index (χ3v) is 5.28. The average Bonchev–Trinajstić information content (AvgIpc) is 2.80. The van der Waals surface area contributed by atoms with Crippen LogP contribution in [0, 0.1) is 13.8 Å². The summed E-state index contributed by atoms with van der Waals surface area (Å²) in [4.78, 5) is 29.1. The zero-order valence-corrected chi connectivity index (χ0v) is 18.1. The number of fused-ring (bicyclic) bond motifs is 1. The number of benzene rings is 2. The number of carbonyl (C=O) groups is 1. The number of aromatic nitrogens is 1. The van der Waals surface area contributed by atoms with Gasteiger partial charge in [0.2, 0.25) is 0 Å². The van der Waals surface area contributed by atoms with Gasteiger partial charge in [-0.3, -0.25) is 9.78 Å². The van der Waals surface area contributed by atoms with Crippen molar-refractivity contribution in [3.63, 3.8) is 0 Å². The summed E-state index contributed by atoms with van der Waals surface area (Å²) in [5, 5.41) is 3.53. The lowest BCUT2D eigenvalue weighted by Crippen LogP contribution is -2.28. The molecule has 6 nitrogen and oxygen atoms in total. The maximum atomic E-state index is 12.7. The van der Waals surface area contributed by atoms with Gasteiger partial charge in [-0.2, -0.15) is 0 Å². The summed E-state index contributed by atoms with van der Waals surface area (Å²) in [5.41, 5.74) is 4.28. The number of amides is 1. The molecular weight excluding hydrogens is 404 g/mol. The van der Waals surface area contributed by atoms with E-state index in [0.29, 0.717) is 35.2 Å². The fourth-order valence-electron chi connectivity index (χ4n) is 3.65. The highest BCUT2D eigenvalue weighted by molar-refractivity contribution is 5.89. The van der Waals surface area contributed by atoms with E-state index in [4.69, 9.17) is 9.15 Å². The van der Waals surface area contributed by atoms with E-state index < -0.39 is 0 Å². The molecule has 4 aromatic rings. The smallest absolute Gasteiger partial charge is 0.340 e. The van der Waals surface area contributed by atoms with Gasteiger partial charge in [0.25, 0.3) is 5.91 Å². The normalized spacial score (nSPS) is 10.8. The highest BCUT2D eigenvalue weighted by atomic mass is 16.5. The van der Waals surface area contributed by atoms with Crippen molar-refractivity contribution in [3.8, 4) is 5.75 Å². The van der Waals surface area contributed by atoms with E-state index in [1.54, 1.807) is 12.4 Å². The summed E-state index contributed by atoms with van der Waals surface area (Å²) in [7, 11) is 0. The number of pyridine rings is 1. The van der Waals surface area contributed by atoms with E-state index in [-0.39, 0.29) is 18.1 Å². The van der Waals surface area contributed by atoms with Crippen LogP contribution in [0.1, 0.15) is 27.8 Å². The van der Waals surface area contributed by atoms with Crippen molar-refractivity contribution in [1.82, 2.24) is 10.3 Å². The van der Waals surface area contributed by atoms with E-state index in [9.17, 15) is 9.59 Å². The van der Waals surface area contributed by atoms with Crippen molar-refractivity contribution >= 4 is 16.9 Å². The maximum absolute atomic E-state index is 12.7. The van der Waals surface area contributed by atoms with E-state index >= 15 is 0 Å². The second-order valence-electron chi connectivity index (χ2n) is 7.72. The zero-order chi connectivity index (χ0) is 22.5. The Morgan fingerprint density at radius 1 is 1.06 bits per heavy atom. The van der Waals surface area contributed by atoms with Crippen molar-refractivity contribution in [2.45, 2.75) is 26.8 Å². The van der Waals surface area contributed by atoms with Gasteiger partial charge in [-0.25, -0.2) is 4.79 Å². The van der Waals surface area contributed by atoms with Crippen LogP contribution >= 0.6 is 0 Å². The fraction of sp³-hybridized carbons (Fsp3) is 0.192. The highest BCUT2D eigenvalue weighted by Crippen LogP contribution is 2.31. The van der Waals surface area contributed by atoms with Crippen LogP contribution in [-0.2, 0) is 17.8 Å². The molecule has 0 spiro atoms. The molecule has 32 heavy (non-hydrogen) atoms. The van der Waals surface area contributed by atoms with Crippen molar-refractivity contribution < 1.29 is 13.9 Å². The lowest BCUT2D eigenvalue weighted by Gasteiger charge is -2.14. The third kappa shape index (κ3) is 4.86. The standard InChI is InChI=1S/C26H24N2O4/c1-17-11-22(31-16-24(29)28-15-20-9-6-10-27-14-20)25-18(2)21(26(30)32-23(25)12-17)13-19-7-4-3-5-8-19/h3-12,14H,13,15-16H2,1-2H3,(H,28,29). The summed E-state index contributed by atoms with van der Waals surface area (Å²) < 4.78 is 11.5. The number of aryl methyl sites for hydroxylation is 2. The van der Waals surface area contributed by atoms with E-state index in [1.165, 1.54) is 0 Å². The number of nitrogens with zero attached hydrogens (tertiary/aromatic N) is 1. The first-order valence-corrected chi connectivity index (χ1v) is 10.4. The first kappa shape index (κ1) is 21.3. The van der Waals surface area contributed by atoms with Gasteiger partial charge in [0, 0.05) is 30.9 Å². The summed E-state index contributed by atoms with van der Waals surface area (Å²) in [5.74, 6) is 0.273. The molecule has 0 aliphatic carbocycles. The number of rotatable bonds is 7. The Bertz CT molecular complexity index is 1300. The van der Waals surface area contributed by atoms with Gasteiger partial charge in [0.15, 0.2) is 6.61 Å². The molecule has 1 N–H and O–H groups in total. The maximum Gasteiger partial charge on any atom is 0.340 e.